The van der Waals surface area contributed by atoms with Gasteiger partial charge in [0.15, 0.2) is 0 Å². The van der Waals surface area contributed by atoms with Gasteiger partial charge >= 0.3 is 0 Å². The molecule has 0 aliphatic rings. The number of hydrogen-bond acceptors (Lipinski definition) is 4. The van der Waals surface area contributed by atoms with E-state index in [-0.39, 0.29) is 0 Å². The first-order valence-electron chi connectivity index (χ1n) is 6.79. The van der Waals surface area contributed by atoms with E-state index >= 15 is 0 Å². The van der Waals surface area contributed by atoms with Gasteiger partial charge < -0.3 is 15.3 Å². The van der Waals surface area contributed by atoms with E-state index in [9.17, 15) is 5.21 Å². The second-order valence-electron chi connectivity index (χ2n) is 4.76. The molecule has 1 aromatic carbocycles. The fourth-order valence-electron chi connectivity index (χ4n) is 2.48. The van der Waals surface area contributed by atoms with Crippen LogP contribution in [0.25, 0.3) is 5.65 Å². The molecule has 3 N–H and O–H groups in total. The molecule has 2 heterocycles. The van der Waals surface area contributed by atoms with Gasteiger partial charge in [-0.25, -0.2) is 4.98 Å². The van der Waals surface area contributed by atoms with Crippen molar-refractivity contribution < 1.29 is 5.21 Å². The molecule has 0 aliphatic carbocycles. The molecule has 3 aromatic rings. The fraction of sp³-hybridized carbons (Fsp3) is 0.125. The number of rotatable bonds is 3. The number of nitrogens with zero attached hydrogens (tertiary/aromatic N) is 3. The van der Waals surface area contributed by atoms with Crippen LogP contribution in [-0.4, -0.2) is 20.3 Å². The van der Waals surface area contributed by atoms with Crippen LogP contribution in [0.4, 0.5) is 5.82 Å². The highest BCUT2D eigenvalue weighted by Crippen LogP contribution is 2.18. The maximum atomic E-state index is 9.38. The van der Waals surface area contributed by atoms with E-state index in [0.717, 1.165) is 28.9 Å². The first-order valence-corrected chi connectivity index (χ1v) is 6.79. The molecule has 0 bridgehead atoms. The highest BCUT2D eigenvalue weighted by atomic mass is 16.4. The van der Waals surface area contributed by atoms with Gasteiger partial charge in [0.2, 0.25) is 0 Å². The van der Waals surface area contributed by atoms with Gasteiger partial charge in [-0.05, 0) is 18.6 Å². The molecule has 0 aliphatic heterocycles. The van der Waals surface area contributed by atoms with E-state index in [1.165, 1.54) is 0 Å². The third-order valence-electron chi connectivity index (χ3n) is 3.50. The standard InChI is InChI=1S/C16H16N4O/c1-2-13-16(17)18-14-9-8-12(10-20(13)14)15(19-21)11-6-4-3-5-7-11/h3-10,21H,2,17H2,1H3/b19-15+. The molecular weight excluding hydrogens is 264 g/mol. The second-order valence-corrected chi connectivity index (χ2v) is 4.76. The number of pyridine rings is 1. The lowest BCUT2D eigenvalue weighted by molar-refractivity contribution is 0.319. The summed E-state index contributed by atoms with van der Waals surface area (Å²) in [6.45, 7) is 2.03. The molecule has 0 unspecified atom stereocenters. The predicted octanol–water partition coefficient (Wildman–Crippen LogP) is 2.71. The molecule has 0 amide bonds. The van der Waals surface area contributed by atoms with Crippen LogP contribution in [0.2, 0.25) is 0 Å². The number of aryl methyl sites for hydroxylation is 1. The maximum absolute atomic E-state index is 9.38. The lowest BCUT2D eigenvalue weighted by Gasteiger charge is -2.07. The number of oxime groups is 1. The average molecular weight is 280 g/mol. The third-order valence-corrected chi connectivity index (χ3v) is 3.50. The summed E-state index contributed by atoms with van der Waals surface area (Å²) in [4.78, 5) is 4.32. The zero-order chi connectivity index (χ0) is 14.8. The largest absolute Gasteiger partial charge is 0.410 e. The van der Waals surface area contributed by atoms with Gasteiger partial charge in [-0.3, -0.25) is 0 Å². The number of fused-ring (bicyclic) bond motifs is 1. The minimum absolute atomic E-state index is 0.520. The molecule has 0 radical (unpaired) electrons. The van der Waals surface area contributed by atoms with E-state index in [0.29, 0.717) is 11.5 Å². The summed E-state index contributed by atoms with van der Waals surface area (Å²) < 4.78 is 1.94. The van der Waals surface area contributed by atoms with Gasteiger partial charge in [-0.1, -0.05) is 42.4 Å². The highest BCUT2D eigenvalue weighted by molar-refractivity contribution is 6.12. The Hall–Kier alpha value is -2.82. The first-order chi connectivity index (χ1) is 10.2. The summed E-state index contributed by atoms with van der Waals surface area (Å²) in [6, 6.07) is 13.3. The van der Waals surface area contributed by atoms with Crippen LogP contribution in [0.3, 0.4) is 0 Å². The lowest BCUT2D eigenvalue weighted by atomic mass is 10.0. The second kappa shape index (κ2) is 5.28. The zero-order valence-electron chi connectivity index (χ0n) is 11.7. The van der Waals surface area contributed by atoms with Crippen molar-refractivity contribution in [2.45, 2.75) is 13.3 Å². The first kappa shape index (κ1) is 13.2. The minimum Gasteiger partial charge on any atom is -0.410 e. The Morgan fingerprint density at radius 2 is 1.95 bits per heavy atom. The maximum Gasteiger partial charge on any atom is 0.145 e. The molecule has 3 rings (SSSR count). The molecule has 2 aromatic heterocycles. The van der Waals surface area contributed by atoms with Crippen LogP contribution < -0.4 is 5.73 Å². The van der Waals surface area contributed by atoms with E-state index in [4.69, 9.17) is 5.73 Å². The van der Waals surface area contributed by atoms with Crippen molar-refractivity contribution in [3.05, 3.63) is 65.5 Å². The molecule has 0 atom stereocenters. The summed E-state index contributed by atoms with van der Waals surface area (Å²) >= 11 is 0. The van der Waals surface area contributed by atoms with Gasteiger partial charge in [0, 0.05) is 17.3 Å². The Labute approximate surface area is 122 Å². The van der Waals surface area contributed by atoms with Gasteiger partial charge in [0.1, 0.15) is 17.2 Å². The van der Waals surface area contributed by atoms with Crippen molar-refractivity contribution in [3.8, 4) is 0 Å². The Morgan fingerprint density at radius 1 is 1.19 bits per heavy atom. The van der Waals surface area contributed by atoms with Gasteiger partial charge in [-0.2, -0.15) is 0 Å². The van der Waals surface area contributed by atoms with Crippen molar-refractivity contribution in [1.29, 1.82) is 0 Å². The number of hydrogen-bond donors (Lipinski definition) is 2. The summed E-state index contributed by atoms with van der Waals surface area (Å²) in [5.41, 5.74) is 9.85. The SMILES string of the molecule is CCc1c(N)nc2ccc(/C(=N/O)c3ccccc3)cn12. The van der Waals surface area contributed by atoms with E-state index in [1.54, 1.807) is 0 Å². The molecule has 0 fully saturated rings. The molecule has 0 saturated carbocycles. The zero-order valence-corrected chi connectivity index (χ0v) is 11.7. The van der Waals surface area contributed by atoms with E-state index in [1.807, 2.05) is 60.0 Å². The molecule has 5 nitrogen and oxygen atoms in total. The number of nitrogens with two attached hydrogens (primary N) is 1. The van der Waals surface area contributed by atoms with E-state index in [2.05, 4.69) is 10.1 Å². The molecule has 106 valence electrons. The molecule has 0 saturated heterocycles. The summed E-state index contributed by atoms with van der Waals surface area (Å²) in [5, 5.41) is 12.8. The number of nitrogen functional groups attached to an aromatic ring is 1. The normalized spacial score (nSPS) is 12.0. The minimum atomic E-state index is 0.520. The molecule has 21 heavy (non-hydrogen) atoms. The van der Waals surface area contributed by atoms with Crippen LogP contribution >= 0.6 is 0 Å². The van der Waals surface area contributed by atoms with Crippen molar-refractivity contribution in [1.82, 2.24) is 9.38 Å². The van der Waals surface area contributed by atoms with Crippen LogP contribution in [0.15, 0.2) is 53.8 Å². The number of imidazole rings is 1. The van der Waals surface area contributed by atoms with Crippen molar-refractivity contribution in [2.24, 2.45) is 5.16 Å². The quantitative estimate of drug-likeness (QED) is 0.440. The predicted molar refractivity (Wildman–Crippen MR) is 82.8 cm³/mol. The Balaban J connectivity index is 2.16. The van der Waals surface area contributed by atoms with Crippen molar-refractivity contribution in [3.63, 3.8) is 0 Å². The average Bonchev–Trinajstić information content (AvgIpc) is 2.83. The fourth-order valence-corrected chi connectivity index (χ4v) is 2.48. The van der Waals surface area contributed by atoms with Crippen molar-refractivity contribution in [2.75, 3.05) is 5.73 Å². The van der Waals surface area contributed by atoms with Crippen LogP contribution in [0, 0.1) is 0 Å². The number of aromatic nitrogens is 2. The van der Waals surface area contributed by atoms with Gasteiger partial charge in [0.25, 0.3) is 0 Å². The monoisotopic (exact) mass is 280 g/mol. The highest BCUT2D eigenvalue weighted by Gasteiger charge is 2.12. The Kier molecular flexibility index (Phi) is 3.31. The third kappa shape index (κ3) is 2.23. The molecule has 0 spiro atoms. The number of anilines is 1. The van der Waals surface area contributed by atoms with Crippen LogP contribution in [0.1, 0.15) is 23.7 Å². The molecular formula is C16H16N4O. The summed E-state index contributed by atoms with van der Waals surface area (Å²) in [7, 11) is 0. The Bertz CT molecular complexity index is 806. The van der Waals surface area contributed by atoms with Gasteiger partial charge in [-0.15, -0.1) is 0 Å². The topological polar surface area (TPSA) is 75.9 Å². The summed E-state index contributed by atoms with van der Waals surface area (Å²) in [6.07, 6.45) is 2.69. The van der Waals surface area contributed by atoms with Crippen molar-refractivity contribution >= 4 is 17.2 Å². The summed E-state index contributed by atoms with van der Waals surface area (Å²) in [5.74, 6) is 0.539. The van der Waals surface area contributed by atoms with Gasteiger partial charge in [0.05, 0.1) is 5.69 Å². The Morgan fingerprint density at radius 3 is 2.62 bits per heavy atom. The van der Waals surface area contributed by atoms with Crippen LogP contribution in [-0.2, 0) is 6.42 Å². The lowest BCUT2D eigenvalue weighted by Crippen LogP contribution is -2.05. The molecule has 5 heteroatoms. The van der Waals surface area contributed by atoms with Crippen LogP contribution in [0.5, 0.6) is 0 Å². The smallest absolute Gasteiger partial charge is 0.145 e. The number of benzene rings is 1. The van der Waals surface area contributed by atoms with E-state index < -0.39 is 0 Å².